The first kappa shape index (κ1) is 72.3. The smallest absolute Gasteiger partial charge is 0.407 e. The van der Waals surface area contributed by atoms with E-state index in [-0.39, 0.29) is 78.9 Å². The second-order valence-electron chi connectivity index (χ2n) is 28.1. The number of nitrogens with zero attached hydrogens (tertiary/aromatic N) is 7. The summed E-state index contributed by atoms with van der Waals surface area (Å²) in [6.07, 6.45) is 2.91. The van der Waals surface area contributed by atoms with E-state index in [1.54, 1.807) is 57.4 Å². The quantitative estimate of drug-likeness (QED) is 0.0190. The Hall–Kier alpha value is -9.49. The summed E-state index contributed by atoms with van der Waals surface area (Å²) in [5, 5.41) is 55.3. The van der Waals surface area contributed by atoms with Gasteiger partial charge in [0.05, 0.1) is 65.8 Å². The highest BCUT2D eigenvalue weighted by atomic mass is 32.1. The van der Waals surface area contributed by atoms with E-state index in [0.29, 0.717) is 70.7 Å². The summed E-state index contributed by atoms with van der Waals surface area (Å²) in [6.45, 7) is 14.5. The van der Waals surface area contributed by atoms with Gasteiger partial charge in [0.2, 0.25) is 17.7 Å². The number of rotatable bonds is 26. The van der Waals surface area contributed by atoms with Gasteiger partial charge in [-0.1, -0.05) is 71.1 Å². The van der Waals surface area contributed by atoms with E-state index in [9.17, 15) is 63.6 Å². The van der Waals surface area contributed by atoms with Gasteiger partial charge in [0, 0.05) is 73.5 Å². The maximum Gasteiger partial charge on any atom is 0.407 e. The number of carbonyl (C=O) groups excluding carboxylic acids is 7. The normalized spacial score (nSPS) is 23.9. The zero-order chi connectivity index (χ0) is 71.3. The van der Waals surface area contributed by atoms with Crippen molar-refractivity contribution in [3.05, 3.63) is 113 Å². The third kappa shape index (κ3) is 17.3. The summed E-state index contributed by atoms with van der Waals surface area (Å²) >= 11 is 1.36. The number of aryl methyl sites for hydroxylation is 1. The summed E-state index contributed by atoms with van der Waals surface area (Å²) in [5.74, 6) is -6.57. The lowest BCUT2D eigenvalue weighted by molar-refractivity contribution is -0.193. The number of anilines is 3. The average molecular weight is 1380 g/mol. The molecule has 3 aliphatic heterocycles. The minimum atomic E-state index is -1.58. The number of amides is 7. The Labute approximate surface area is 575 Å². The summed E-state index contributed by atoms with van der Waals surface area (Å²) in [5.41, 5.74) is 9.05. The number of nitrogens with one attached hydrogen (secondary N) is 5. The Morgan fingerprint density at radius 1 is 0.869 bits per heavy atom. The van der Waals surface area contributed by atoms with Crippen molar-refractivity contribution in [2.24, 2.45) is 32.9 Å². The first-order valence-corrected chi connectivity index (χ1v) is 33.7. The van der Waals surface area contributed by atoms with Crippen LogP contribution in [0.1, 0.15) is 137 Å². The Bertz CT molecular complexity index is 4020. The second-order valence-corrected chi connectivity index (χ2v) is 29.2. The predicted octanol–water partition coefficient (Wildman–Crippen LogP) is 5.33. The maximum absolute atomic E-state index is 13.6. The summed E-state index contributed by atoms with van der Waals surface area (Å²) < 4.78 is 21.1. The van der Waals surface area contributed by atoms with Crippen LogP contribution in [-0.4, -0.2) is 179 Å². The lowest BCUT2D eigenvalue weighted by atomic mass is 9.48. The zero-order valence-corrected chi connectivity index (χ0v) is 57.1. The molecule has 1 saturated heterocycles. The number of aliphatic hydroxyl groups is 2. The number of allylic oxidation sites excluding steroid dienone is 1. The Balaban J connectivity index is 0.753. The first-order chi connectivity index (χ1) is 46.9. The van der Waals surface area contributed by atoms with Gasteiger partial charge in [-0.25, -0.2) is 29.3 Å². The fraction of sp³-hybridized carbons (Fsp3) is 0.493. The van der Waals surface area contributed by atoms with Crippen LogP contribution in [0.4, 0.5) is 21.4 Å². The van der Waals surface area contributed by atoms with Gasteiger partial charge in [0.15, 0.2) is 22.6 Å². The van der Waals surface area contributed by atoms with Crippen LogP contribution in [0.5, 0.6) is 0 Å². The van der Waals surface area contributed by atoms with Gasteiger partial charge >= 0.3 is 18.0 Å². The number of nitrogens with two attached hydrogens (primary N) is 1. The maximum atomic E-state index is 13.6. The molecule has 10 rings (SSSR count). The number of carbonyl (C=O) groups is 9. The number of imidazole rings is 1. The molecular weight excluding hydrogens is 1300 g/mol. The predicted molar refractivity (Wildman–Crippen MR) is 364 cm³/mol. The molecule has 7 amide bonds. The van der Waals surface area contributed by atoms with Crippen molar-refractivity contribution in [1.82, 2.24) is 40.4 Å². The highest BCUT2D eigenvalue weighted by Crippen LogP contribution is 2.63. The van der Waals surface area contributed by atoms with E-state index in [1.165, 1.54) is 17.5 Å². The Morgan fingerprint density at radius 3 is 2.34 bits per heavy atom. The van der Waals surface area contributed by atoms with Gasteiger partial charge < -0.3 is 71.1 Å². The lowest BCUT2D eigenvalue weighted by Crippen LogP contribution is -2.57. The molecule has 2 bridgehead atoms. The standard InChI is InChI=1S/C69H85N13O16S/c1-38(2)56(78-53(86)29-82-54(87)18-19-55(82)88)60(89)72-27-52(85)75-42-14-12-41(40(24-42)13-16-49-47(83)25-48(84)59(98-49)63(93)94)30-96-65(95)71-20-23-97-69-32-66(4,5)31-67(6,34-69)33-68(7,35-69)36-73-39(3)44(26-70)43-15-17-51(77-57(43)62(91)92)80-21-22-81-37-74-58(46(81)28-80)61(90)79-64-76-45-10-8-9-11-50(45)99-64/h8-12,14-15,17-19,24,26,37-38,47-49,56,59,83-84H,13,16,20-23,25,27-36,70H2,1-7H3,(H,71,95)(H,72,89)(H,75,85)(H,78,86)(H,91,92)(H,93,94)(H,76,79,90)/t47-,48+,49+,56?,59+,67?,68?,69?/m1/s1. The molecule has 0 spiro atoms. The number of aliphatic hydroxyl groups excluding tert-OH is 2. The molecule has 3 fully saturated rings. The number of hydrogen-bond acceptors (Lipinski definition) is 21. The van der Waals surface area contributed by atoms with Crippen molar-refractivity contribution in [2.75, 3.05) is 54.9 Å². The van der Waals surface area contributed by atoms with E-state index in [4.69, 9.17) is 24.9 Å². The number of pyridine rings is 1. The van der Waals surface area contributed by atoms with Crippen molar-refractivity contribution < 1.29 is 77.8 Å². The van der Waals surface area contributed by atoms with Crippen LogP contribution in [0, 0.1) is 22.2 Å². The van der Waals surface area contributed by atoms with Crippen molar-refractivity contribution in [2.45, 2.75) is 156 Å². The second kappa shape index (κ2) is 29.9. The Morgan fingerprint density at radius 2 is 1.63 bits per heavy atom. The van der Waals surface area contributed by atoms with E-state index in [2.05, 4.69) is 69.2 Å². The van der Waals surface area contributed by atoms with Gasteiger partial charge in [-0.3, -0.25) is 44.0 Å². The van der Waals surface area contributed by atoms with Crippen molar-refractivity contribution in [3.8, 4) is 0 Å². The summed E-state index contributed by atoms with van der Waals surface area (Å²) in [4.78, 5) is 137. The number of ether oxygens (including phenoxy) is 3. The van der Waals surface area contributed by atoms with Crippen LogP contribution in [0.15, 0.2) is 84.3 Å². The van der Waals surface area contributed by atoms with E-state index < -0.39 is 109 Å². The number of carboxylic acids is 2. The van der Waals surface area contributed by atoms with E-state index in [1.807, 2.05) is 33.7 Å². The third-order valence-electron chi connectivity index (χ3n) is 18.7. The molecule has 3 aromatic heterocycles. The van der Waals surface area contributed by atoms with Crippen LogP contribution in [0.3, 0.4) is 0 Å². The molecule has 2 aliphatic carbocycles. The summed E-state index contributed by atoms with van der Waals surface area (Å²) in [6, 6.07) is 14.6. The van der Waals surface area contributed by atoms with Crippen LogP contribution < -0.4 is 37.2 Å². The molecule has 528 valence electrons. The van der Waals surface area contributed by atoms with Crippen LogP contribution >= 0.6 is 11.3 Å². The zero-order valence-electron chi connectivity index (χ0n) is 56.3. The van der Waals surface area contributed by atoms with E-state index >= 15 is 0 Å². The topological polar surface area (TPSA) is 411 Å². The van der Waals surface area contributed by atoms with Crippen molar-refractivity contribution in [3.63, 3.8) is 0 Å². The first-order valence-electron chi connectivity index (χ1n) is 32.9. The van der Waals surface area contributed by atoms with Crippen LogP contribution in [-0.2, 0) is 69.1 Å². The number of carboxylic acid groups (broad SMARTS) is 2. The molecule has 5 aliphatic rings. The fourth-order valence-corrected chi connectivity index (χ4v) is 16.1. The number of imide groups is 1. The molecule has 29 nitrogen and oxygen atoms in total. The molecular formula is C69H85N13O16S. The molecule has 2 aromatic carbocycles. The molecule has 2 saturated carbocycles. The monoisotopic (exact) mass is 1380 g/mol. The van der Waals surface area contributed by atoms with Gasteiger partial charge in [0.25, 0.3) is 17.7 Å². The number of aliphatic imine (C=N–C) groups is 1. The van der Waals surface area contributed by atoms with Crippen molar-refractivity contribution >= 4 is 103 Å². The molecule has 8 atom stereocenters. The number of para-hydroxylation sites is 1. The lowest BCUT2D eigenvalue weighted by Gasteiger charge is -2.61. The van der Waals surface area contributed by atoms with Crippen LogP contribution in [0.25, 0.3) is 15.8 Å². The van der Waals surface area contributed by atoms with Gasteiger partial charge in [-0.15, -0.1) is 0 Å². The number of aromatic nitrogens is 4. The molecule has 4 unspecified atom stereocenters. The molecule has 0 radical (unpaired) electrons. The van der Waals surface area contributed by atoms with Gasteiger partial charge in [-0.05, 0) is 122 Å². The fourth-order valence-electron chi connectivity index (χ4n) is 15.2. The molecule has 30 heteroatoms. The van der Waals surface area contributed by atoms with E-state index in [0.717, 1.165) is 53.0 Å². The molecule has 5 aromatic rings. The Kier molecular flexibility index (Phi) is 21.8. The SMILES string of the molecule is CC(=NCC1(C)CC2(C)CC(C)(C)CC(OCCNC(=O)OCc3ccc(NC(=O)CNC(=O)C(NC(=O)CN4C(=O)C=CC4=O)C(C)C)cc3CC[C@@H]3O[C@H](C(=O)O)[C@@H](O)C[C@H]3O)(C1)C2)C(=CN)c1ccc(N2CCn3cnc(C(=O)Nc4nc5ccccc5s4)c3C2)nc1C(=O)O. The molecule has 6 heterocycles. The number of hydrogen-bond donors (Lipinski definition) is 10. The minimum Gasteiger partial charge on any atom is -0.479 e. The number of benzene rings is 2. The largest absolute Gasteiger partial charge is 0.479 e. The highest BCUT2D eigenvalue weighted by molar-refractivity contribution is 7.22. The van der Waals surface area contributed by atoms with Crippen LogP contribution in [0.2, 0.25) is 0 Å². The number of alkyl carbamates (subject to hydrolysis) is 1. The van der Waals surface area contributed by atoms with Gasteiger partial charge in [0.1, 0.15) is 25.0 Å². The molecule has 11 N–H and O–H groups in total. The summed E-state index contributed by atoms with van der Waals surface area (Å²) in [7, 11) is 0. The average Bonchev–Trinajstić information content (AvgIpc) is 1.30. The molecule has 99 heavy (non-hydrogen) atoms. The van der Waals surface area contributed by atoms with Crippen molar-refractivity contribution in [1.29, 1.82) is 0 Å². The highest BCUT2D eigenvalue weighted by Gasteiger charge is 2.58. The van der Waals surface area contributed by atoms with Gasteiger partial charge in [-0.2, -0.15) is 0 Å². The number of aromatic carboxylic acids is 1. The minimum absolute atomic E-state index is 0.0601. The number of thiazole rings is 1. The number of aliphatic carboxylic acids is 1. The number of fused-ring (bicyclic) bond motifs is 4. The third-order valence-corrected chi connectivity index (χ3v) is 19.6.